The van der Waals surface area contributed by atoms with Crippen LogP contribution in [0.15, 0.2) is 12.4 Å². The number of hydrogen-bond donors (Lipinski definition) is 1. The molecule has 2 aromatic heterocycles. The Morgan fingerprint density at radius 2 is 1.87 bits per heavy atom. The molecule has 0 spiro atoms. The van der Waals surface area contributed by atoms with Gasteiger partial charge < -0.3 is 25.2 Å². The minimum Gasteiger partial charge on any atom is -0.378 e. The summed E-state index contributed by atoms with van der Waals surface area (Å²) < 4.78 is 5.51. The number of anilines is 3. The molecule has 2 fully saturated rings. The van der Waals surface area contributed by atoms with Gasteiger partial charge in [-0.25, -0.2) is 15.0 Å². The Labute approximate surface area is 181 Å². The van der Waals surface area contributed by atoms with Gasteiger partial charge in [-0.2, -0.15) is 4.98 Å². The predicted molar refractivity (Wildman–Crippen MR) is 117 cm³/mol. The average Bonchev–Trinajstić information content (AvgIpc) is 3.17. The highest BCUT2D eigenvalue weighted by molar-refractivity contribution is 5.74. The van der Waals surface area contributed by atoms with Crippen LogP contribution in [0.25, 0.3) is 11.3 Å². The molecule has 2 N–H and O–H groups in total. The highest BCUT2D eigenvalue weighted by Crippen LogP contribution is 2.40. The van der Waals surface area contributed by atoms with E-state index < -0.39 is 0 Å². The molecule has 0 aromatic carbocycles. The first kappa shape index (κ1) is 19.9. The number of nitrogens with zero attached hydrogens (tertiary/aromatic N) is 7. The van der Waals surface area contributed by atoms with Gasteiger partial charge in [0, 0.05) is 69.2 Å². The van der Waals surface area contributed by atoms with Crippen LogP contribution < -0.4 is 15.5 Å². The van der Waals surface area contributed by atoms with Gasteiger partial charge in [-0.15, -0.1) is 0 Å². The molecule has 3 aliphatic rings. The number of nitrogen functional groups attached to an aromatic ring is 1. The van der Waals surface area contributed by atoms with Gasteiger partial charge in [-0.05, 0) is 19.3 Å². The first-order chi connectivity index (χ1) is 15.0. The summed E-state index contributed by atoms with van der Waals surface area (Å²) in [5.74, 6) is 2.09. The Hall–Kier alpha value is -3.01. The molecule has 10 nitrogen and oxygen atoms in total. The van der Waals surface area contributed by atoms with E-state index in [1.165, 1.54) is 0 Å². The zero-order valence-corrected chi connectivity index (χ0v) is 18.0. The van der Waals surface area contributed by atoms with Gasteiger partial charge in [0.15, 0.2) is 0 Å². The summed E-state index contributed by atoms with van der Waals surface area (Å²) in [6.45, 7) is 5.41. The fourth-order valence-electron chi connectivity index (χ4n) is 4.61. The largest absolute Gasteiger partial charge is 0.378 e. The summed E-state index contributed by atoms with van der Waals surface area (Å²) in [6, 6.07) is 0.688. The highest BCUT2D eigenvalue weighted by Gasteiger charge is 2.41. The molecular weight excluding hydrogens is 396 g/mol. The van der Waals surface area contributed by atoms with Crippen LogP contribution in [0.2, 0.25) is 0 Å². The summed E-state index contributed by atoms with van der Waals surface area (Å²) in [6.07, 6.45) is 6.28. The third kappa shape index (κ3) is 3.65. The zero-order chi connectivity index (χ0) is 21.5. The second-order valence-electron chi connectivity index (χ2n) is 8.46. The van der Waals surface area contributed by atoms with Crippen molar-refractivity contribution in [2.75, 3.05) is 55.4 Å². The zero-order valence-electron chi connectivity index (χ0n) is 18.0. The number of hydrogen-bond acceptors (Lipinski definition) is 9. The highest BCUT2D eigenvalue weighted by atomic mass is 16.5. The Balaban J connectivity index is 1.48. The number of carbonyl (C=O) groups excluding carboxylic acids is 1. The number of rotatable bonds is 4. The second kappa shape index (κ2) is 7.92. The molecule has 31 heavy (non-hydrogen) atoms. The number of aromatic nitrogens is 4. The lowest BCUT2D eigenvalue weighted by atomic mass is 9.84. The summed E-state index contributed by atoms with van der Waals surface area (Å²) in [5.41, 5.74) is 8.56. The molecule has 4 heterocycles. The van der Waals surface area contributed by atoms with Gasteiger partial charge in [0.2, 0.25) is 17.8 Å². The van der Waals surface area contributed by atoms with E-state index >= 15 is 0 Å². The van der Waals surface area contributed by atoms with Crippen molar-refractivity contribution in [2.45, 2.75) is 38.3 Å². The van der Waals surface area contributed by atoms with E-state index in [4.69, 9.17) is 20.4 Å². The van der Waals surface area contributed by atoms with Crippen LogP contribution >= 0.6 is 0 Å². The van der Waals surface area contributed by atoms with Crippen molar-refractivity contribution in [3.8, 4) is 11.3 Å². The van der Waals surface area contributed by atoms with Gasteiger partial charge in [0.25, 0.3) is 0 Å². The van der Waals surface area contributed by atoms with Crippen LogP contribution in [0.3, 0.4) is 0 Å². The lowest BCUT2D eigenvalue weighted by molar-refractivity contribution is -0.131. The minimum atomic E-state index is 0.118. The monoisotopic (exact) mass is 424 g/mol. The van der Waals surface area contributed by atoms with E-state index in [0.29, 0.717) is 25.3 Å². The number of fused-ring (bicyclic) bond motifs is 1. The maximum absolute atomic E-state index is 11.7. The van der Waals surface area contributed by atoms with Crippen molar-refractivity contribution in [3.63, 3.8) is 0 Å². The first-order valence-electron chi connectivity index (χ1n) is 10.8. The minimum absolute atomic E-state index is 0.118. The van der Waals surface area contributed by atoms with Crippen LogP contribution in [0.4, 0.5) is 17.7 Å². The molecule has 0 unspecified atom stereocenters. The normalized spacial score (nSPS) is 22.8. The Morgan fingerprint density at radius 3 is 2.55 bits per heavy atom. The van der Waals surface area contributed by atoms with Crippen LogP contribution in [0, 0.1) is 0 Å². The van der Waals surface area contributed by atoms with Crippen LogP contribution in [-0.4, -0.2) is 82.7 Å². The summed E-state index contributed by atoms with van der Waals surface area (Å²) in [5, 5.41) is 0. The average molecular weight is 425 g/mol. The second-order valence-corrected chi connectivity index (χ2v) is 8.46. The third-order valence-electron chi connectivity index (χ3n) is 6.66. The first-order valence-corrected chi connectivity index (χ1v) is 10.8. The van der Waals surface area contributed by atoms with Gasteiger partial charge in [-0.3, -0.25) is 4.79 Å². The molecule has 1 saturated carbocycles. The lowest BCUT2D eigenvalue weighted by Crippen LogP contribution is -2.54. The number of carbonyl (C=O) groups is 1. The Morgan fingerprint density at radius 1 is 1.16 bits per heavy atom. The molecule has 2 aliphatic heterocycles. The molecule has 0 bridgehead atoms. The Kier molecular flexibility index (Phi) is 5.09. The van der Waals surface area contributed by atoms with Crippen molar-refractivity contribution in [1.29, 1.82) is 0 Å². The van der Waals surface area contributed by atoms with Crippen molar-refractivity contribution in [3.05, 3.63) is 18.0 Å². The van der Waals surface area contributed by atoms with Crippen molar-refractivity contribution in [2.24, 2.45) is 0 Å². The Bertz CT molecular complexity index is 970. The summed E-state index contributed by atoms with van der Waals surface area (Å²) in [7, 11) is 1.89. The quantitative estimate of drug-likeness (QED) is 0.758. The van der Waals surface area contributed by atoms with E-state index in [1.807, 2.05) is 11.9 Å². The molecule has 5 rings (SSSR count). The van der Waals surface area contributed by atoms with Crippen molar-refractivity contribution >= 4 is 23.6 Å². The van der Waals surface area contributed by atoms with Gasteiger partial charge in [-0.1, -0.05) is 0 Å². The van der Waals surface area contributed by atoms with Gasteiger partial charge >= 0.3 is 0 Å². The van der Waals surface area contributed by atoms with Crippen LogP contribution in [-0.2, 0) is 16.0 Å². The summed E-state index contributed by atoms with van der Waals surface area (Å²) in [4.78, 5) is 36.4. The molecule has 0 atom stereocenters. The SMILES string of the molecule is CC(=O)N(C)[C@H]1C[C@@H](N2CCc3c(-c4cnc(N)nc4)nc(N4CCOCC4)nc32)C1. The topological polar surface area (TPSA) is 114 Å². The van der Waals surface area contributed by atoms with E-state index in [0.717, 1.165) is 67.5 Å². The van der Waals surface area contributed by atoms with Gasteiger partial charge in [0.1, 0.15) is 5.82 Å². The molecule has 0 radical (unpaired) electrons. The number of ether oxygens (including phenoxy) is 1. The summed E-state index contributed by atoms with van der Waals surface area (Å²) >= 11 is 0. The van der Waals surface area contributed by atoms with Crippen LogP contribution in [0.1, 0.15) is 25.3 Å². The smallest absolute Gasteiger partial charge is 0.228 e. The third-order valence-corrected chi connectivity index (χ3v) is 6.66. The fraction of sp³-hybridized carbons (Fsp3) is 0.571. The maximum Gasteiger partial charge on any atom is 0.228 e. The van der Waals surface area contributed by atoms with Crippen molar-refractivity contribution < 1.29 is 9.53 Å². The van der Waals surface area contributed by atoms with E-state index in [2.05, 4.69) is 19.8 Å². The fourth-order valence-corrected chi connectivity index (χ4v) is 4.61. The predicted octanol–water partition coefficient (Wildman–Crippen LogP) is 0.724. The molecule has 2 aromatic rings. The number of nitrogens with two attached hydrogens (primary N) is 1. The maximum atomic E-state index is 11.7. The lowest BCUT2D eigenvalue weighted by Gasteiger charge is -2.45. The molecule has 1 saturated heterocycles. The number of amides is 1. The van der Waals surface area contributed by atoms with E-state index in [1.54, 1.807) is 19.3 Å². The molecule has 164 valence electrons. The number of morpholine rings is 1. The van der Waals surface area contributed by atoms with E-state index in [-0.39, 0.29) is 11.9 Å². The molecule has 1 aliphatic carbocycles. The molecular formula is C21H28N8O2. The van der Waals surface area contributed by atoms with E-state index in [9.17, 15) is 4.79 Å². The standard InChI is InChI=1S/C21H28N8O2/c1-13(30)27(2)15-9-16(10-15)29-4-3-17-18(14-11-23-20(22)24-12-14)25-21(26-19(17)29)28-5-7-31-8-6-28/h11-12,15-16H,3-10H2,1-2H3,(H2,22,23,24)/t15-,16+. The van der Waals surface area contributed by atoms with Gasteiger partial charge in [0.05, 0.1) is 18.9 Å². The molecule has 1 amide bonds. The van der Waals surface area contributed by atoms with Crippen molar-refractivity contribution in [1.82, 2.24) is 24.8 Å². The van der Waals surface area contributed by atoms with Crippen LogP contribution in [0.5, 0.6) is 0 Å². The molecule has 10 heteroatoms.